The topological polar surface area (TPSA) is 133 Å². The van der Waals surface area contributed by atoms with Crippen LogP contribution in [0.2, 0.25) is 18.6 Å². The van der Waals surface area contributed by atoms with Gasteiger partial charge < -0.3 is 19.5 Å². The van der Waals surface area contributed by atoms with Crippen LogP contribution < -0.4 is 9.91 Å². The van der Waals surface area contributed by atoms with Crippen molar-refractivity contribution in [2.45, 2.75) is 75.5 Å². The van der Waals surface area contributed by atoms with Crippen LogP contribution in [-0.2, 0) is 33.0 Å². The first kappa shape index (κ1) is 38.1. The van der Waals surface area contributed by atoms with E-state index in [1.165, 1.54) is 5.01 Å². The Kier molecular flexibility index (Phi) is 10.4. The molecule has 0 aliphatic carbocycles. The lowest BCUT2D eigenvalue weighted by Crippen LogP contribution is -2.46. The molecule has 288 valence electrons. The third-order valence-electron chi connectivity index (χ3n) is 11.5. The van der Waals surface area contributed by atoms with Gasteiger partial charge in [-0.2, -0.15) is 5.10 Å². The first-order valence-corrected chi connectivity index (χ1v) is 22.9. The molecule has 5 atom stereocenters. The van der Waals surface area contributed by atoms with Crippen molar-refractivity contribution in [2.75, 3.05) is 16.5 Å². The highest BCUT2D eigenvalue weighted by Crippen LogP contribution is 2.60. The molecule has 0 saturated carbocycles. The van der Waals surface area contributed by atoms with Crippen molar-refractivity contribution in [1.29, 1.82) is 0 Å². The molecule has 0 radical (unpaired) electrons. The van der Waals surface area contributed by atoms with Crippen LogP contribution in [0.3, 0.4) is 0 Å². The van der Waals surface area contributed by atoms with Gasteiger partial charge in [0.15, 0.2) is 13.9 Å². The van der Waals surface area contributed by atoms with Gasteiger partial charge >= 0.3 is 0 Å². The molecular weight excluding hydrogens is 788 g/mol. The van der Waals surface area contributed by atoms with E-state index in [9.17, 15) is 19.5 Å². The molecule has 1 fully saturated rings. The second-order valence-corrected chi connectivity index (χ2v) is 20.4. The van der Waals surface area contributed by atoms with Crippen molar-refractivity contribution in [1.82, 2.24) is 15.0 Å². The van der Waals surface area contributed by atoms with Crippen LogP contribution in [0.25, 0.3) is 0 Å². The molecule has 3 aliphatic heterocycles. The van der Waals surface area contributed by atoms with Gasteiger partial charge in [-0.1, -0.05) is 101 Å². The first-order chi connectivity index (χ1) is 27.0. The summed E-state index contributed by atoms with van der Waals surface area (Å²) in [5.41, 5.74) is 5.05. The van der Waals surface area contributed by atoms with Gasteiger partial charge in [0.2, 0.25) is 5.91 Å². The third-order valence-corrected chi connectivity index (χ3v) is 14.5. The lowest BCUT2D eigenvalue weighted by molar-refractivity contribution is -0.146. The molecule has 2 N–H and O–H groups in total. The number of fused-ring (bicyclic) bond motifs is 2. The number of hydrazone groups is 1. The SMILES string of the molecule is C[C@H]1[C@H]([Si](C)(C)O)[C@@H](CCn2cc(C(CO)c3ccccc3)nn2)O[C@]12C(=O)N(Cc1ccc(N3N=C(c4ccccc4)CCC3=O)cc1)c1ccc(Br)cc12. The number of amides is 2. The highest BCUT2D eigenvalue weighted by molar-refractivity contribution is 9.10. The summed E-state index contributed by atoms with van der Waals surface area (Å²) in [4.78, 5) is 41.5. The Morgan fingerprint density at radius 3 is 2.38 bits per heavy atom. The standard InChI is InChI=1S/C43H45BrN6O5Si/c1-28-41(56(2,3)54)39(22-23-48-26-37(45-47-48)34(27-51)30-10-6-4-7-11-30)55-43(28)35-24-32(44)16-20-38(35)49(42(43)53)25-29-14-17-33(18-15-29)50-40(52)21-19-36(46-50)31-12-8-5-9-13-31/h4-18,20,24,26,28,34,39,41,51,54H,19,21-23,25,27H2,1-3H3/t28-,34?,39+,41-,43+/m0/s1. The fourth-order valence-corrected chi connectivity index (χ4v) is 11.9. The Labute approximate surface area is 335 Å². The zero-order chi connectivity index (χ0) is 39.2. The maximum Gasteiger partial charge on any atom is 0.264 e. The fraction of sp³-hybridized carbons (Fsp3) is 0.326. The average molecular weight is 834 g/mol. The van der Waals surface area contributed by atoms with Crippen LogP contribution in [0.1, 0.15) is 60.1 Å². The number of aryl methyl sites for hydroxylation is 1. The average Bonchev–Trinajstić information content (AvgIpc) is 3.85. The number of benzene rings is 4. The molecule has 13 heteroatoms. The summed E-state index contributed by atoms with van der Waals surface area (Å²) < 4.78 is 9.64. The number of ether oxygens (including phenoxy) is 1. The van der Waals surface area contributed by atoms with Crippen LogP contribution in [0.4, 0.5) is 11.4 Å². The molecule has 1 unspecified atom stereocenters. The monoisotopic (exact) mass is 832 g/mol. The second kappa shape index (κ2) is 15.3. The maximum absolute atomic E-state index is 15.0. The summed E-state index contributed by atoms with van der Waals surface area (Å²) in [6.45, 7) is 6.53. The number of carbonyl (C=O) groups excluding carboxylic acids is 2. The number of carbonyl (C=O) groups is 2. The number of anilines is 2. The number of nitrogens with zero attached hydrogens (tertiary/aromatic N) is 6. The van der Waals surface area contributed by atoms with Gasteiger partial charge in [0.1, 0.15) is 0 Å². The van der Waals surface area contributed by atoms with E-state index >= 15 is 0 Å². The summed E-state index contributed by atoms with van der Waals surface area (Å²) in [6, 6.07) is 33.1. The summed E-state index contributed by atoms with van der Waals surface area (Å²) in [5.74, 6) is -0.842. The van der Waals surface area contributed by atoms with Crippen LogP contribution in [0, 0.1) is 5.92 Å². The van der Waals surface area contributed by atoms with Gasteiger partial charge in [-0.05, 0) is 66.5 Å². The van der Waals surface area contributed by atoms with Crippen molar-refractivity contribution >= 4 is 53.1 Å². The molecule has 11 nitrogen and oxygen atoms in total. The van der Waals surface area contributed by atoms with E-state index in [1.807, 2.05) is 129 Å². The van der Waals surface area contributed by atoms with Crippen molar-refractivity contribution < 1.29 is 24.2 Å². The largest absolute Gasteiger partial charge is 0.432 e. The van der Waals surface area contributed by atoms with Gasteiger partial charge in [-0.25, -0.2) is 5.01 Å². The summed E-state index contributed by atoms with van der Waals surface area (Å²) in [5, 5.41) is 25.2. The van der Waals surface area contributed by atoms with Gasteiger partial charge in [0.05, 0.1) is 48.0 Å². The number of hydrogen-bond acceptors (Lipinski definition) is 8. The van der Waals surface area contributed by atoms with Gasteiger partial charge in [-0.15, -0.1) is 5.10 Å². The van der Waals surface area contributed by atoms with E-state index in [-0.39, 0.29) is 35.8 Å². The van der Waals surface area contributed by atoms with Crippen LogP contribution in [-0.4, -0.2) is 63.5 Å². The van der Waals surface area contributed by atoms with Crippen molar-refractivity contribution in [2.24, 2.45) is 11.0 Å². The maximum atomic E-state index is 15.0. The van der Waals surface area contributed by atoms with Gasteiger partial charge in [-0.3, -0.25) is 14.3 Å². The Balaban J connectivity index is 1.04. The summed E-state index contributed by atoms with van der Waals surface area (Å²) in [7, 11) is -2.89. The van der Waals surface area contributed by atoms with Crippen molar-refractivity contribution in [3.05, 3.63) is 142 Å². The van der Waals surface area contributed by atoms with E-state index in [1.54, 1.807) is 9.58 Å². The number of rotatable bonds is 11. The lowest BCUT2D eigenvalue weighted by Gasteiger charge is -2.32. The highest BCUT2D eigenvalue weighted by atomic mass is 79.9. The summed E-state index contributed by atoms with van der Waals surface area (Å²) in [6.07, 6.45) is 2.90. The zero-order valence-corrected chi connectivity index (χ0v) is 34.2. The van der Waals surface area contributed by atoms with Gasteiger partial charge in [0, 0.05) is 47.1 Å². The van der Waals surface area contributed by atoms with E-state index in [4.69, 9.17) is 9.84 Å². The van der Waals surface area contributed by atoms with Crippen molar-refractivity contribution in [3.8, 4) is 0 Å². The molecule has 4 heterocycles. The minimum Gasteiger partial charge on any atom is -0.432 e. The smallest absolute Gasteiger partial charge is 0.264 e. The molecule has 8 rings (SSSR count). The number of aromatic nitrogens is 3. The fourth-order valence-electron chi connectivity index (χ4n) is 8.89. The molecule has 3 aliphatic rings. The van der Waals surface area contributed by atoms with Crippen LogP contribution in [0.5, 0.6) is 0 Å². The Morgan fingerprint density at radius 1 is 0.964 bits per heavy atom. The predicted octanol–water partition coefficient (Wildman–Crippen LogP) is 7.13. The molecule has 2 amide bonds. The summed E-state index contributed by atoms with van der Waals surface area (Å²) >= 11 is 3.65. The second-order valence-electron chi connectivity index (χ2n) is 15.5. The molecule has 1 saturated heterocycles. The zero-order valence-electron chi connectivity index (χ0n) is 31.6. The van der Waals surface area contributed by atoms with E-state index < -0.39 is 20.0 Å². The normalized spacial score (nSPS) is 22.8. The molecular formula is C43H45BrN6O5Si. The van der Waals surface area contributed by atoms with Crippen LogP contribution >= 0.6 is 15.9 Å². The minimum absolute atomic E-state index is 0.0637. The van der Waals surface area contributed by atoms with Crippen molar-refractivity contribution in [3.63, 3.8) is 0 Å². The highest BCUT2D eigenvalue weighted by Gasteiger charge is 2.66. The quantitative estimate of drug-likeness (QED) is 0.135. The molecule has 0 bridgehead atoms. The first-order valence-electron chi connectivity index (χ1n) is 19.1. The molecule has 1 aromatic heterocycles. The number of aliphatic hydroxyl groups is 1. The molecule has 56 heavy (non-hydrogen) atoms. The Morgan fingerprint density at radius 2 is 1.68 bits per heavy atom. The van der Waals surface area contributed by atoms with E-state index in [0.29, 0.717) is 43.7 Å². The predicted molar refractivity (Wildman–Crippen MR) is 221 cm³/mol. The lowest BCUT2D eigenvalue weighted by atomic mass is 9.82. The van der Waals surface area contributed by atoms with E-state index in [2.05, 4.69) is 26.2 Å². The molecule has 1 spiro atoms. The Bertz CT molecular complexity index is 2260. The number of aliphatic hydroxyl groups excluding tert-OH is 1. The number of halogens is 1. The van der Waals surface area contributed by atoms with Gasteiger partial charge in [0.25, 0.3) is 5.91 Å². The number of hydrogen-bond donors (Lipinski definition) is 2. The Hall–Kier alpha value is -4.79. The molecule has 4 aromatic carbocycles. The minimum atomic E-state index is -2.89. The van der Waals surface area contributed by atoms with Crippen LogP contribution in [0.15, 0.2) is 119 Å². The molecule has 5 aromatic rings. The third kappa shape index (κ3) is 6.96. The van der Waals surface area contributed by atoms with E-state index in [0.717, 1.165) is 38.1 Å².